The summed E-state index contributed by atoms with van der Waals surface area (Å²) in [7, 11) is 0. The maximum Gasteiger partial charge on any atom is 0.425 e. The van der Waals surface area contributed by atoms with Gasteiger partial charge in [-0.15, -0.1) is 0 Å². The summed E-state index contributed by atoms with van der Waals surface area (Å²) in [5.74, 6) is -5.51. The van der Waals surface area contributed by atoms with Gasteiger partial charge in [0.25, 0.3) is 0 Å². The molecule has 0 aromatic carbocycles. The Hall–Kier alpha value is -1.87. The summed E-state index contributed by atoms with van der Waals surface area (Å²) < 4.78 is 65.0. The maximum atomic E-state index is 13.7. The third-order valence-corrected chi connectivity index (χ3v) is 3.40. The van der Waals surface area contributed by atoms with E-state index in [9.17, 15) is 31.9 Å². The van der Waals surface area contributed by atoms with Crippen LogP contribution in [0.2, 0.25) is 0 Å². The van der Waals surface area contributed by atoms with Crippen LogP contribution in [0.1, 0.15) is 47.5 Å². The molecule has 0 rings (SSSR count). The molecular formula is C16H24F4O6. The topological polar surface area (TPSA) is 78.9 Å². The first-order valence-corrected chi connectivity index (χ1v) is 8.06. The number of ether oxygens (including phenoxy) is 3. The smallest absolute Gasteiger partial charge is 0.425 e. The molecule has 10 heteroatoms. The molecule has 152 valence electrons. The van der Waals surface area contributed by atoms with Crippen LogP contribution in [0.4, 0.5) is 17.6 Å². The molecule has 0 saturated carbocycles. The number of carbonyl (C=O) groups excluding carboxylic acids is 3. The second-order valence-electron chi connectivity index (χ2n) is 6.13. The zero-order valence-corrected chi connectivity index (χ0v) is 15.3. The van der Waals surface area contributed by atoms with Crippen LogP contribution in [0.15, 0.2) is 0 Å². The number of hydrogen-bond acceptors (Lipinski definition) is 6. The van der Waals surface area contributed by atoms with Gasteiger partial charge in [0.05, 0.1) is 12.7 Å². The normalized spacial score (nSPS) is 16.4. The minimum Gasteiger partial charge on any atom is -0.463 e. The lowest BCUT2D eigenvalue weighted by molar-refractivity contribution is -0.219. The summed E-state index contributed by atoms with van der Waals surface area (Å²) in [5, 5.41) is 0. The molecular weight excluding hydrogens is 364 g/mol. The number of esters is 3. The Bertz CT molecular complexity index is 501. The molecule has 0 aromatic heterocycles. The Morgan fingerprint density at radius 2 is 1.46 bits per heavy atom. The third kappa shape index (κ3) is 8.01. The predicted octanol–water partition coefficient (Wildman–Crippen LogP) is 3.12. The summed E-state index contributed by atoms with van der Waals surface area (Å²) in [6.07, 6.45) is -8.52. The Morgan fingerprint density at radius 3 is 1.88 bits per heavy atom. The van der Waals surface area contributed by atoms with Crippen molar-refractivity contribution in [1.29, 1.82) is 0 Å². The molecule has 0 aliphatic heterocycles. The molecule has 0 spiro atoms. The van der Waals surface area contributed by atoms with Crippen molar-refractivity contribution in [3.63, 3.8) is 0 Å². The Labute approximate surface area is 149 Å². The lowest BCUT2D eigenvalue weighted by Gasteiger charge is -2.21. The Morgan fingerprint density at radius 1 is 0.962 bits per heavy atom. The van der Waals surface area contributed by atoms with Crippen molar-refractivity contribution in [2.45, 2.75) is 71.5 Å². The van der Waals surface area contributed by atoms with Crippen LogP contribution in [-0.4, -0.2) is 48.6 Å². The molecule has 0 aliphatic rings. The first kappa shape index (κ1) is 24.1. The van der Waals surface area contributed by atoms with Crippen molar-refractivity contribution in [2.24, 2.45) is 5.92 Å². The summed E-state index contributed by atoms with van der Waals surface area (Å²) in [6.45, 7) is 5.42. The van der Waals surface area contributed by atoms with Crippen LogP contribution in [0.5, 0.6) is 0 Å². The van der Waals surface area contributed by atoms with Crippen molar-refractivity contribution in [1.82, 2.24) is 0 Å². The summed E-state index contributed by atoms with van der Waals surface area (Å²) in [6, 6.07) is 0. The molecule has 0 saturated heterocycles. The zero-order chi connectivity index (χ0) is 20.7. The summed E-state index contributed by atoms with van der Waals surface area (Å²) in [4.78, 5) is 35.4. The van der Waals surface area contributed by atoms with E-state index in [1.165, 1.54) is 20.8 Å². The minimum atomic E-state index is -4.80. The molecule has 0 N–H and O–H groups in total. The fourth-order valence-corrected chi connectivity index (χ4v) is 1.53. The second kappa shape index (κ2) is 9.72. The quantitative estimate of drug-likeness (QED) is 0.261. The van der Waals surface area contributed by atoms with E-state index in [0.717, 1.165) is 6.92 Å². The van der Waals surface area contributed by atoms with E-state index in [1.54, 1.807) is 0 Å². The SMILES string of the molecule is CCC(C)(F)C(=O)OCCC(C(=O)OC(C)C)C(=O)OC(C)C(F)(F)F. The average Bonchev–Trinajstić information content (AvgIpc) is 2.49. The highest BCUT2D eigenvalue weighted by molar-refractivity contribution is 5.95. The molecule has 0 amide bonds. The molecule has 3 atom stereocenters. The maximum absolute atomic E-state index is 13.7. The standard InChI is InChI=1S/C16H24F4O6/c1-6-15(5,17)14(23)24-8-7-11(12(21)25-9(2)3)13(22)26-10(4)16(18,19)20/h9-11H,6-8H2,1-5H3. The van der Waals surface area contributed by atoms with Gasteiger partial charge in [-0.1, -0.05) is 6.92 Å². The van der Waals surface area contributed by atoms with Gasteiger partial charge >= 0.3 is 24.1 Å². The number of rotatable bonds is 9. The Kier molecular flexibility index (Phi) is 9.03. The average molecular weight is 388 g/mol. The van der Waals surface area contributed by atoms with Crippen LogP contribution in [-0.2, 0) is 28.6 Å². The monoisotopic (exact) mass is 388 g/mol. The number of hydrogen-bond donors (Lipinski definition) is 0. The van der Waals surface area contributed by atoms with E-state index in [4.69, 9.17) is 4.74 Å². The zero-order valence-electron chi connectivity index (χ0n) is 15.3. The Balaban J connectivity index is 4.99. The molecule has 0 fully saturated rings. The second-order valence-corrected chi connectivity index (χ2v) is 6.13. The lowest BCUT2D eigenvalue weighted by Crippen LogP contribution is -2.38. The van der Waals surface area contributed by atoms with Gasteiger partial charge in [0.15, 0.2) is 12.0 Å². The molecule has 0 aromatic rings. The fourth-order valence-electron chi connectivity index (χ4n) is 1.53. The van der Waals surface area contributed by atoms with Gasteiger partial charge in [0, 0.05) is 6.42 Å². The van der Waals surface area contributed by atoms with Crippen molar-refractivity contribution in [3.05, 3.63) is 0 Å². The first-order chi connectivity index (χ1) is 11.7. The molecule has 0 heterocycles. The highest BCUT2D eigenvalue weighted by atomic mass is 19.4. The highest BCUT2D eigenvalue weighted by Gasteiger charge is 2.42. The van der Waals surface area contributed by atoms with E-state index in [0.29, 0.717) is 6.92 Å². The first-order valence-electron chi connectivity index (χ1n) is 8.06. The predicted molar refractivity (Wildman–Crippen MR) is 81.7 cm³/mol. The summed E-state index contributed by atoms with van der Waals surface area (Å²) in [5.41, 5.74) is -2.25. The van der Waals surface area contributed by atoms with E-state index in [2.05, 4.69) is 9.47 Å². The van der Waals surface area contributed by atoms with Crippen molar-refractivity contribution in [3.8, 4) is 0 Å². The molecule has 0 bridgehead atoms. The number of alkyl halides is 4. The van der Waals surface area contributed by atoms with Crippen LogP contribution >= 0.6 is 0 Å². The largest absolute Gasteiger partial charge is 0.463 e. The van der Waals surface area contributed by atoms with E-state index >= 15 is 0 Å². The fraction of sp³-hybridized carbons (Fsp3) is 0.812. The third-order valence-electron chi connectivity index (χ3n) is 3.40. The van der Waals surface area contributed by atoms with Crippen LogP contribution in [0.3, 0.4) is 0 Å². The molecule has 26 heavy (non-hydrogen) atoms. The van der Waals surface area contributed by atoms with Crippen molar-refractivity contribution >= 4 is 17.9 Å². The van der Waals surface area contributed by atoms with Crippen molar-refractivity contribution in [2.75, 3.05) is 6.61 Å². The highest BCUT2D eigenvalue weighted by Crippen LogP contribution is 2.24. The van der Waals surface area contributed by atoms with Gasteiger partial charge < -0.3 is 14.2 Å². The minimum absolute atomic E-state index is 0.157. The van der Waals surface area contributed by atoms with Gasteiger partial charge in [-0.25, -0.2) is 9.18 Å². The van der Waals surface area contributed by atoms with E-state index in [-0.39, 0.29) is 6.42 Å². The summed E-state index contributed by atoms with van der Waals surface area (Å²) >= 11 is 0. The number of carbonyl (C=O) groups is 3. The molecule has 3 unspecified atom stereocenters. The van der Waals surface area contributed by atoms with Crippen LogP contribution in [0, 0.1) is 5.92 Å². The number of halogens is 4. The van der Waals surface area contributed by atoms with Crippen LogP contribution < -0.4 is 0 Å². The van der Waals surface area contributed by atoms with E-state index in [1.807, 2.05) is 0 Å². The van der Waals surface area contributed by atoms with Gasteiger partial charge in [-0.2, -0.15) is 13.2 Å². The molecule has 0 aliphatic carbocycles. The molecule has 6 nitrogen and oxygen atoms in total. The van der Waals surface area contributed by atoms with Gasteiger partial charge in [-0.05, 0) is 34.1 Å². The van der Waals surface area contributed by atoms with Crippen molar-refractivity contribution < 1.29 is 46.2 Å². The van der Waals surface area contributed by atoms with E-state index < -0.39 is 60.9 Å². The van der Waals surface area contributed by atoms with Gasteiger partial charge in [-0.3, -0.25) is 9.59 Å². The van der Waals surface area contributed by atoms with Crippen LogP contribution in [0.25, 0.3) is 0 Å². The lowest BCUT2D eigenvalue weighted by atomic mass is 10.1. The van der Waals surface area contributed by atoms with Gasteiger partial charge in [0.1, 0.15) is 0 Å². The molecule has 0 radical (unpaired) electrons. The van der Waals surface area contributed by atoms with Gasteiger partial charge in [0.2, 0.25) is 5.67 Å².